The number of hydrogen-bond acceptors (Lipinski definition) is 4. The lowest BCUT2D eigenvalue weighted by Gasteiger charge is -2.35. The van der Waals surface area contributed by atoms with Crippen LogP contribution in [0.2, 0.25) is 0 Å². The summed E-state index contributed by atoms with van der Waals surface area (Å²) in [7, 11) is 1.80. The first kappa shape index (κ1) is 20.4. The van der Waals surface area contributed by atoms with Crippen LogP contribution in [0.3, 0.4) is 0 Å². The van der Waals surface area contributed by atoms with Gasteiger partial charge in [0.05, 0.1) is 18.0 Å². The minimum atomic E-state index is -0.00589. The zero-order chi connectivity index (χ0) is 19.8. The van der Waals surface area contributed by atoms with E-state index in [9.17, 15) is 4.79 Å². The number of benzene rings is 1. The van der Waals surface area contributed by atoms with Crippen molar-refractivity contribution in [2.24, 2.45) is 4.99 Å². The number of aryl methyl sites for hydroxylation is 1. The first-order valence-corrected chi connectivity index (χ1v) is 10.5. The highest BCUT2D eigenvalue weighted by Crippen LogP contribution is 2.24. The van der Waals surface area contributed by atoms with Crippen LogP contribution in [0.15, 0.2) is 46.8 Å². The van der Waals surface area contributed by atoms with Gasteiger partial charge in [-0.1, -0.05) is 30.3 Å². The summed E-state index contributed by atoms with van der Waals surface area (Å²) in [6.45, 7) is 5.78. The Hall–Kier alpha value is -2.38. The minimum Gasteiger partial charge on any atom is -0.370 e. The molecule has 0 radical (unpaired) electrons. The number of nitrogens with zero attached hydrogens (tertiary/aromatic N) is 2. The highest BCUT2D eigenvalue weighted by molar-refractivity contribution is 7.12. The van der Waals surface area contributed by atoms with Gasteiger partial charge in [-0.15, -0.1) is 11.3 Å². The molecule has 2 heterocycles. The molecule has 0 bridgehead atoms. The molecule has 1 aromatic heterocycles. The molecule has 1 fully saturated rings. The van der Waals surface area contributed by atoms with Crippen LogP contribution in [0, 0.1) is 6.92 Å². The molecule has 2 aromatic rings. The van der Waals surface area contributed by atoms with Crippen LogP contribution in [-0.4, -0.2) is 56.6 Å². The predicted molar refractivity (Wildman–Crippen MR) is 114 cm³/mol. The Morgan fingerprint density at radius 1 is 1.25 bits per heavy atom. The molecule has 1 aromatic carbocycles. The van der Waals surface area contributed by atoms with Crippen LogP contribution in [0.25, 0.3) is 0 Å². The summed E-state index contributed by atoms with van der Waals surface area (Å²) in [5.74, 6) is 0.875. The lowest BCUT2D eigenvalue weighted by Crippen LogP contribution is -2.48. The number of nitrogens with one attached hydrogen (secondary N) is 2. The second-order valence-electron chi connectivity index (χ2n) is 6.72. The number of carbonyl (C=O) groups is 1. The summed E-state index contributed by atoms with van der Waals surface area (Å²) >= 11 is 1.46. The molecule has 1 atom stereocenters. The maximum atomic E-state index is 11.9. The van der Waals surface area contributed by atoms with Crippen molar-refractivity contribution >= 4 is 23.2 Å². The summed E-state index contributed by atoms with van der Waals surface area (Å²) < 4.78 is 6.00. The molecule has 28 heavy (non-hydrogen) atoms. The monoisotopic (exact) mass is 400 g/mol. The fourth-order valence-electron chi connectivity index (χ4n) is 3.30. The summed E-state index contributed by atoms with van der Waals surface area (Å²) in [5, 5.41) is 8.26. The number of ether oxygens (including phenoxy) is 1. The number of rotatable bonds is 6. The number of thiophene rings is 1. The molecular weight excluding hydrogens is 372 g/mol. The molecule has 150 valence electrons. The Labute approximate surface area is 170 Å². The molecule has 1 saturated heterocycles. The largest absolute Gasteiger partial charge is 0.370 e. The highest BCUT2D eigenvalue weighted by atomic mass is 32.1. The zero-order valence-electron chi connectivity index (χ0n) is 16.5. The number of hydrogen-bond donors (Lipinski definition) is 2. The third kappa shape index (κ3) is 5.33. The van der Waals surface area contributed by atoms with E-state index in [4.69, 9.17) is 4.74 Å². The predicted octanol–water partition coefficient (Wildman–Crippen LogP) is 2.83. The Kier molecular flexibility index (Phi) is 7.45. The molecule has 1 amide bonds. The number of amides is 1. The molecule has 0 aliphatic carbocycles. The van der Waals surface area contributed by atoms with E-state index in [2.05, 4.69) is 51.7 Å². The van der Waals surface area contributed by atoms with E-state index in [-0.39, 0.29) is 12.0 Å². The average molecular weight is 401 g/mol. The molecule has 1 aliphatic rings. The molecule has 7 heteroatoms. The van der Waals surface area contributed by atoms with E-state index < -0.39 is 0 Å². The number of guanidine groups is 1. The Morgan fingerprint density at radius 2 is 2.07 bits per heavy atom. The molecule has 6 nitrogen and oxygen atoms in total. The number of morpholine rings is 1. The van der Waals surface area contributed by atoms with E-state index in [1.165, 1.54) is 22.5 Å². The third-order valence-corrected chi connectivity index (χ3v) is 5.65. The van der Waals surface area contributed by atoms with Gasteiger partial charge in [-0.25, -0.2) is 0 Å². The summed E-state index contributed by atoms with van der Waals surface area (Å²) in [6, 6.07) is 12.1. The van der Waals surface area contributed by atoms with Gasteiger partial charge >= 0.3 is 0 Å². The van der Waals surface area contributed by atoms with E-state index in [1.807, 2.05) is 17.5 Å². The van der Waals surface area contributed by atoms with Crippen LogP contribution in [0.5, 0.6) is 0 Å². The maximum Gasteiger partial charge on any atom is 0.261 e. The van der Waals surface area contributed by atoms with Crippen molar-refractivity contribution < 1.29 is 9.53 Å². The van der Waals surface area contributed by atoms with Crippen molar-refractivity contribution in [3.8, 4) is 0 Å². The van der Waals surface area contributed by atoms with Gasteiger partial charge in [0, 0.05) is 26.7 Å². The average Bonchev–Trinajstić information content (AvgIpc) is 3.26. The Morgan fingerprint density at radius 3 is 2.82 bits per heavy atom. The second kappa shape index (κ2) is 10.2. The molecule has 1 aliphatic heterocycles. The topological polar surface area (TPSA) is 66.0 Å². The molecular formula is C21H28N4O2S. The summed E-state index contributed by atoms with van der Waals surface area (Å²) in [5.41, 5.74) is 2.48. The van der Waals surface area contributed by atoms with E-state index in [1.54, 1.807) is 7.05 Å². The van der Waals surface area contributed by atoms with Crippen molar-refractivity contribution in [2.75, 3.05) is 39.8 Å². The quantitative estimate of drug-likeness (QED) is 0.445. The molecule has 2 N–H and O–H groups in total. The van der Waals surface area contributed by atoms with Crippen molar-refractivity contribution in [1.29, 1.82) is 0 Å². The first-order chi connectivity index (χ1) is 13.7. The summed E-state index contributed by atoms with van der Waals surface area (Å²) in [4.78, 5) is 19.4. The number of carbonyl (C=O) groups excluding carboxylic acids is 1. The second-order valence-corrected chi connectivity index (χ2v) is 7.67. The Balaban J connectivity index is 1.44. The molecule has 3 rings (SSSR count). The van der Waals surface area contributed by atoms with Gasteiger partial charge in [0.15, 0.2) is 5.96 Å². The lowest BCUT2D eigenvalue weighted by atomic mass is 10.0. The fraction of sp³-hybridized carbons (Fsp3) is 0.429. The maximum absolute atomic E-state index is 11.9. The number of aliphatic imine (C=N–C) groups is 1. The van der Waals surface area contributed by atoms with Crippen molar-refractivity contribution in [3.63, 3.8) is 0 Å². The third-order valence-electron chi connectivity index (χ3n) is 4.78. The van der Waals surface area contributed by atoms with Gasteiger partial charge in [-0.2, -0.15) is 0 Å². The smallest absolute Gasteiger partial charge is 0.261 e. The molecule has 0 saturated carbocycles. The normalized spacial score (nSPS) is 17.4. The van der Waals surface area contributed by atoms with Crippen LogP contribution in [0.1, 0.15) is 33.3 Å². The van der Waals surface area contributed by atoms with E-state index >= 15 is 0 Å². The Bertz CT molecular complexity index is 791. The highest BCUT2D eigenvalue weighted by Gasteiger charge is 2.24. The van der Waals surface area contributed by atoms with Crippen molar-refractivity contribution in [1.82, 2.24) is 15.5 Å². The van der Waals surface area contributed by atoms with Gasteiger partial charge in [-0.3, -0.25) is 9.79 Å². The van der Waals surface area contributed by atoms with Gasteiger partial charge in [-0.05, 0) is 35.9 Å². The molecule has 0 spiro atoms. The van der Waals surface area contributed by atoms with Gasteiger partial charge < -0.3 is 20.3 Å². The van der Waals surface area contributed by atoms with Crippen molar-refractivity contribution in [2.45, 2.75) is 19.4 Å². The first-order valence-electron chi connectivity index (χ1n) is 9.63. The van der Waals surface area contributed by atoms with Crippen LogP contribution in [-0.2, 0) is 4.74 Å². The fourth-order valence-corrected chi connectivity index (χ4v) is 3.94. The van der Waals surface area contributed by atoms with Crippen LogP contribution >= 0.6 is 11.3 Å². The van der Waals surface area contributed by atoms with Gasteiger partial charge in [0.25, 0.3) is 5.91 Å². The van der Waals surface area contributed by atoms with Gasteiger partial charge in [0.1, 0.15) is 6.10 Å². The van der Waals surface area contributed by atoms with Crippen LogP contribution in [0.4, 0.5) is 0 Å². The summed E-state index contributed by atoms with van der Waals surface area (Å²) in [6.07, 6.45) is 0.889. The zero-order valence-corrected chi connectivity index (χ0v) is 17.3. The van der Waals surface area contributed by atoms with Crippen LogP contribution < -0.4 is 10.6 Å². The van der Waals surface area contributed by atoms with Gasteiger partial charge in [0.2, 0.25) is 0 Å². The van der Waals surface area contributed by atoms with Crippen molar-refractivity contribution in [3.05, 3.63) is 57.8 Å². The SMILES string of the molecule is CN=C(NCCCNC(=O)c1cccs1)N1CCOC(c2ccccc2C)C1. The standard InChI is InChI=1S/C21H28N4O2S/c1-16-7-3-4-8-17(16)18-15-25(12-13-27-18)21(22-2)24-11-6-10-23-20(26)19-9-5-14-28-19/h3-5,7-9,14,18H,6,10-13,15H2,1-2H3,(H,22,24)(H,23,26). The lowest BCUT2D eigenvalue weighted by molar-refractivity contribution is -0.00830. The van der Waals surface area contributed by atoms with E-state index in [0.717, 1.165) is 36.9 Å². The minimum absolute atomic E-state index is 0.00589. The molecule has 1 unspecified atom stereocenters. The van der Waals surface area contributed by atoms with E-state index in [0.29, 0.717) is 13.2 Å².